The minimum atomic E-state index is -0.599. The third kappa shape index (κ3) is 5.35. The van der Waals surface area contributed by atoms with E-state index in [0.717, 1.165) is 0 Å². The number of thiocarbonyl (C=S) groups is 1. The topological polar surface area (TPSA) is 72.0 Å². The molecule has 1 aromatic rings. The molecule has 0 heterocycles. The van der Waals surface area contributed by atoms with E-state index in [0.29, 0.717) is 11.4 Å². The van der Waals surface area contributed by atoms with Crippen LogP contribution in [0.2, 0.25) is 0 Å². The molecule has 0 aliphatic heterocycles. The summed E-state index contributed by atoms with van der Waals surface area (Å²) in [6, 6.07) is 7.21. The molecule has 1 amide bonds. The van der Waals surface area contributed by atoms with E-state index in [-0.39, 0.29) is 11.7 Å². The standard InChI is InChI=1S/C12H15N3O3S/c1-3-18-12(16)15-11(19)14-10-7-5-4-6-9(10)13-8-17-2/h4-8H,3H2,1-2H3,(H2,14,15,16,19)/b13-8+. The van der Waals surface area contributed by atoms with E-state index in [9.17, 15) is 4.79 Å². The summed E-state index contributed by atoms with van der Waals surface area (Å²) in [5.74, 6) is 0. The Morgan fingerprint density at radius 2 is 2.21 bits per heavy atom. The Kier molecular flexibility index (Phi) is 6.31. The van der Waals surface area contributed by atoms with Crippen LogP contribution in [0.5, 0.6) is 0 Å². The highest BCUT2D eigenvalue weighted by molar-refractivity contribution is 7.80. The smallest absolute Gasteiger partial charge is 0.413 e. The van der Waals surface area contributed by atoms with E-state index in [4.69, 9.17) is 21.7 Å². The monoisotopic (exact) mass is 281 g/mol. The number of carbonyl (C=O) groups is 1. The fraction of sp³-hybridized carbons (Fsp3) is 0.250. The maximum absolute atomic E-state index is 11.2. The van der Waals surface area contributed by atoms with Crippen molar-refractivity contribution in [1.29, 1.82) is 0 Å². The lowest BCUT2D eigenvalue weighted by molar-refractivity contribution is 0.158. The average molecular weight is 281 g/mol. The quantitative estimate of drug-likeness (QED) is 0.504. The Morgan fingerprint density at radius 1 is 1.47 bits per heavy atom. The normalized spacial score (nSPS) is 10.0. The number of benzene rings is 1. The summed E-state index contributed by atoms with van der Waals surface area (Å²) in [5.41, 5.74) is 1.29. The van der Waals surface area contributed by atoms with Crippen molar-refractivity contribution in [3.05, 3.63) is 24.3 Å². The summed E-state index contributed by atoms with van der Waals surface area (Å²) in [6.45, 7) is 1.99. The van der Waals surface area contributed by atoms with Crippen LogP contribution in [0.1, 0.15) is 6.92 Å². The number of hydrogen-bond acceptors (Lipinski definition) is 5. The van der Waals surface area contributed by atoms with Crippen LogP contribution in [0.4, 0.5) is 16.2 Å². The number of amides is 1. The van der Waals surface area contributed by atoms with Crippen molar-refractivity contribution in [2.75, 3.05) is 19.0 Å². The first kappa shape index (κ1) is 14.9. The number of aliphatic imine (C=N–C) groups is 1. The summed E-state index contributed by atoms with van der Waals surface area (Å²) in [6.07, 6.45) is 0.709. The first-order chi connectivity index (χ1) is 9.17. The van der Waals surface area contributed by atoms with Gasteiger partial charge in [-0.05, 0) is 31.3 Å². The van der Waals surface area contributed by atoms with Gasteiger partial charge in [-0.1, -0.05) is 12.1 Å². The van der Waals surface area contributed by atoms with Gasteiger partial charge in [0.25, 0.3) is 0 Å². The summed E-state index contributed by atoms with van der Waals surface area (Å²) < 4.78 is 9.48. The van der Waals surface area contributed by atoms with Crippen LogP contribution in [0.15, 0.2) is 29.3 Å². The van der Waals surface area contributed by atoms with Gasteiger partial charge in [-0.3, -0.25) is 5.32 Å². The Balaban J connectivity index is 2.68. The molecule has 0 aliphatic rings. The molecule has 19 heavy (non-hydrogen) atoms. The van der Waals surface area contributed by atoms with Gasteiger partial charge >= 0.3 is 6.09 Å². The summed E-state index contributed by atoms with van der Waals surface area (Å²) in [4.78, 5) is 15.3. The Labute approximate surface area is 116 Å². The van der Waals surface area contributed by atoms with Gasteiger partial charge in [-0.15, -0.1) is 0 Å². The van der Waals surface area contributed by atoms with Crippen LogP contribution in [-0.4, -0.2) is 31.3 Å². The molecule has 6 nitrogen and oxygen atoms in total. The van der Waals surface area contributed by atoms with Crippen molar-refractivity contribution in [2.24, 2.45) is 4.99 Å². The first-order valence-corrected chi connectivity index (χ1v) is 5.97. The highest BCUT2D eigenvalue weighted by Crippen LogP contribution is 2.23. The zero-order valence-electron chi connectivity index (χ0n) is 10.7. The molecule has 0 bridgehead atoms. The lowest BCUT2D eigenvalue weighted by Gasteiger charge is -2.10. The van der Waals surface area contributed by atoms with Gasteiger partial charge in [-0.25, -0.2) is 9.79 Å². The van der Waals surface area contributed by atoms with Gasteiger partial charge in [0, 0.05) is 0 Å². The van der Waals surface area contributed by atoms with E-state index < -0.39 is 6.09 Å². The first-order valence-electron chi connectivity index (χ1n) is 5.56. The van der Waals surface area contributed by atoms with Crippen LogP contribution in [0, 0.1) is 0 Å². The van der Waals surface area contributed by atoms with Crippen molar-refractivity contribution in [3.8, 4) is 0 Å². The van der Waals surface area contributed by atoms with E-state index in [2.05, 4.69) is 15.6 Å². The number of methoxy groups -OCH3 is 1. The molecule has 0 radical (unpaired) electrons. The van der Waals surface area contributed by atoms with Crippen molar-refractivity contribution in [3.63, 3.8) is 0 Å². The van der Waals surface area contributed by atoms with E-state index in [1.807, 2.05) is 12.1 Å². The van der Waals surface area contributed by atoms with Crippen LogP contribution in [0.3, 0.4) is 0 Å². The molecule has 7 heteroatoms. The highest BCUT2D eigenvalue weighted by Gasteiger charge is 2.06. The zero-order valence-corrected chi connectivity index (χ0v) is 11.5. The second-order valence-electron chi connectivity index (χ2n) is 3.29. The van der Waals surface area contributed by atoms with E-state index in [1.54, 1.807) is 19.1 Å². The molecule has 0 unspecified atom stereocenters. The Hall–Kier alpha value is -2.15. The Bertz CT molecular complexity index is 477. The Morgan fingerprint density at radius 3 is 2.89 bits per heavy atom. The second kappa shape index (κ2) is 8.04. The van der Waals surface area contributed by atoms with Crippen molar-refractivity contribution in [1.82, 2.24) is 5.32 Å². The molecule has 0 saturated carbocycles. The highest BCUT2D eigenvalue weighted by atomic mass is 32.1. The molecule has 0 aliphatic carbocycles. The van der Waals surface area contributed by atoms with Gasteiger partial charge in [0.1, 0.15) is 0 Å². The SMILES string of the molecule is CCOC(=O)NC(=S)Nc1ccccc1/N=C/OC. The third-order valence-electron chi connectivity index (χ3n) is 1.94. The second-order valence-corrected chi connectivity index (χ2v) is 3.70. The minimum Gasteiger partial charge on any atom is -0.486 e. The van der Waals surface area contributed by atoms with Gasteiger partial charge in [0.05, 0.1) is 25.1 Å². The molecule has 1 rings (SSSR count). The van der Waals surface area contributed by atoms with Crippen LogP contribution < -0.4 is 10.6 Å². The average Bonchev–Trinajstić information content (AvgIpc) is 2.37. The maximum atomic E-state index is 11.2. The zero-order chi connectivity index (χ0) is 14.1. The van der Waals surface area contributed by atoms with Crippen LogP contribution >= 0.6 is 12.2 Å². The molecule has 0 fully saturated rings. The van der Waals surface area contributed by atoms with Crippen molar-refractivity contribution >= 4 is 41.2 Å². The van der Waals surface area contributed by atoms with Gasteiger partial charge in [-0.2, -0.15) is 0 Å². The van der Waals surface area contributed by atoms with Gasteiger partial charge < -0.3 is 14.8 Å². The van der Waals surface area contributed by atoms with Gasteiger partial charge in [0.2, 0.25) is 0 Å². The number of ether oxygens (including phenoxy) is 2. The van der Waals surface area contributed by atoms with E-state index in [1.165, 1.54) is 13.5 Å². The predicted octanol–water partition coefficient (Wildman–Crippen LogP) is 2.44. The number of nitrogens with one attached hydrogen (secondary N) is 2. The molecule has 0 aromatic heterocycles. The fourth-order valence-electron chi connectivity index (χ4n) is 1.21. The molecule has 1 aromatic carbocycles. The van der Waals surface area contributed by atoms with Crippen LogP contribution in [-0.2, 0) is 9.47 Å². The van der Waals surface area contributed by atoms with Crippen LogP contribution in [0.25, 0.3) is 0 Å². The number of nitrogens with zero attached hydrogens (tertiary/aromatic N) is 1. The predicted molar refractivity (Wildman–Crippen MR) is 78.0 cm³/mol. The number of hydrogen-bond donors (Lipinski definition) is 2. The maximum Gasteiger partial charge on any atom is 0.413 e. The number of carbonyl (C=O) groups excluding carboxylic acids is 1. The lowest BCUT2D eigenvalue weighted by atomic mass is 10.3. The number of para-hydroxylation sites is 2. The molecule has 102 valence electrons. The molecular weight excluding hydrogens is 266 g/mol. The number of anilines is 1. The number of rotatable bonds is 4. The molecule has 2 N–H and O–H groups in total. The molecule has 0 atom stereocenters. The van der Waals surface area contributed by atoms with E-state index >= 15 is 0 Å². The number of alkyl carbamates (subject to hydrolysis) is 1. The van der Waals surface area contributed by atoms with Gasteiger partial charge in [0.15, 0.2) is 11.5 Å². The summed E-state index contributed by atoms with van der Waals surface area (Å²) >= 11 is 4.99. The molecule has 0 spiro atoms. The fourth-order valence-corrected chi connectivity index (χ4v) is 1.41. The minimum absolute atomic E-state index is 0.138. The third-order valence-corrected chi connectivity index (χ3v) is 2.14. The molecular formula is C12H15N3O3S. The molecule has 0 saturated heterocycles. The summed E-state index contributed by atoms with van der Waals surface area (Å²) in [7, 11) is 1.51. The van der Waals surface area contributed by atoms with Crippen molar-refractivity contribution in [2.45, 2.75) is 6.92 Å². The summed E-state index contributed by atoms with van der Waals surface area (Å²) in [5, 5.41) is 5.39. The van der Waals surface area contributed by atoms with Crippen molar-refractivity contribution < 1.29 is 14.3 Å². The lowest BCUT2D eigenvalue weighted by Crippen LogP contribution is -2.34. The largest absolute Gasteiger partial charge is 0.486 e.